The summed E-state index contributed by atoms with van der Waals surface area (Å²) in [7, 11) is 0. The first-order chi connectivity index (χ1) is 12.6. The Balaban J connectivity index is 1.91. The molecule has 0 N–H and O–H groups in total. The molecule has 0 bridgehead atoms. The first kappa shape index (κ1) is 18.7. The van der Waals surface area contributed by atoms with E-state index in [0.29, 0.717) is 12.1 Å². The van der Waals surface area contributed by atoms with Crippen LogP contribution in [0.3, 0.4) is 0 Å². The van der Waals surface area contributed by atoms with E-state index >= 15 is 0 Å². The number of rotatable bonds is 6. The van der Waals surface area contributed by atoms with E-state index in [4.69, 9.17) is 9.97 Å². The Hall–Kier alpha value is -2.10. The van der Waals surface area contributed by atoms with Gasteiger partial charge in [0.2, 0.25) is 5.95 Å². The van der Waals surface area contributed by atoms with Crippen LogP contribution in [0, 0.1) is 6.92 Å². The maximum absolute atomic E-state index is 5.01. The van der Waals surface area contributed by atoms with Crippen molar-refractivity contribution in [3.63, 3.8) is 0 Å². The van der Waals surface area contributed by atoms with Crippen molar-refractivity contribution in [1.82, 2.24) is 9.97 Å². The highest BCUT2D eigenvalue weighted by atomic mass is 15.3. The lowest BCUT2D eigenvalue weighted by Gasteiger charge is -2.37. The van der Waals surface area contributed by atoms with Crippen LogP contribution >= 0.6 is 0 Å². The Labute approximate surface area is 158 Å². The zero-order chi connectivity index (χ0) is 18.5. The molecule has 4 nitrogen and oxygen atoms in total. The van der Waals surface area contributed by atoms with Gasteiger partial charge < -0.3 is 9.80 Å². The van der Waals surface area contributed by atoms with Gasteiger partial charge in [-0.1, -0.05) is 37.3 Å². The minimum atomic E-state index is 0.341. The van der Waals surface area contributed by atoms with E-state index in [0.717, 1.165) is 30.5 Å². The topological polar surface area (TPSA) is 32.3 Å². The number of hydrogen-bond donors (Lipinski definition) is 0. The summed E-state index contributed by atoms with van der Waals surface area (Å²) < 4.78 is 0. The van der Waals surface area contributed by atoms with Crippen molar-refractivity contribution < 1.29 is 0 Å². The van der Waals surface area contributed by atoms with Gasteiger partial charge in [-0.3, -0.25) is 0 Å². The zero-order valence-electron chi connectivity index (χ0n) is 16.7. The lowest BCUT2D eigenvalue weighted by molar-refractivity contribution is 0.446. The van der Waals surface area contributed by atoms with Crippen molar-refractivity contribution in [2.75, 3.05) is 16.3 Å². The predicted molar refractivity (Wildman–Crippen MR) is 110 cm³/mol. The summed E-state index contributed by atoms with van der Waals surface area (Å²) in [5.74, 6) is 1.94. The molecule has 26 heavy (non-hydrogen) atoms. The van der Waals surface area contributed by atoms with E-state index < -0.39 is 0 Å². The molecule has 0 aliphatic carbocycles. The Bertz CT molecular complexity index is 699. The molecule has 1 aromatic heterocycles. The van der Waals surface area contributed by atoms with Crippen LogP contribution in [0.4, 0.5) is 11.8 Å². The molecule has 2 aromatic rings. The number of anilines is 2. The molecule has 0 spiro atoms. The number of hydrogen-bond acceptors (Lipinski definition) is 4. The quantitative estimate of drug-likeness (QED) is 0.735. The summed E-state index contributed by atoms with van der Waals surface area (Å²) in [5, 5.41) is 0. The third-order valence-electron chi connectivity index (χ3n) is 5.30. The van der Waals surface area contributed by atoms with Gasteiger partial charge in [0.05, 0.1) is 0 Å². The average molecular weight is 353 g/mol. The van der Waals surface area contributed by atoms with Gasteiger partial charge in [0.25, 0.3) is 0 Å². The summed E-state index contributed by atoms with van der Waals surface area (Å²) in [5.41, 5.74) is 2.33. The summed E-state index contributed by atoms with van der Waals surface area (Å²) >= 11 is 0. The van der Waals surface area contributed by atoms with Gasteiger partial charge in [0.15, 0.2) is 0 Å². The molecule has 1 saturated heterocycles. The molecule has 140 valence electrons. The first-order valence-corrected chi connectivity index (χ1v) is 10.0. The van der Waals surface area contributed by atoms with Crippen LogP contribution in [0.1, 0.15) is 57.7 Å². The fourth-order valence-electron chi connectivity index (χ4n) is 3.80. The van der Waals surface area contributed by atoms with E-state index in [-0.39, 0.29) is 0 Å². The first-order valence-electron chi connectivity index (χ1n) is 10.0. The van der Waals surface area contributed by atoms with Crippen molar-refractivity contribution in [1.29, 1.82) is 0 Å². The fourth-order valence-corrected chi connectivity index (χ4v) is 3.80. The highest BCUT2D eigenvalue weighted by Crippen LogP contribution is 2.27. The van der Waals surface area contributed by atoms with Crippen molar-refractivity contribution in [3.8, 4) is 0 Å². The van der Waals surface area contributed by atoms with Crippen LogP contribution in [0.5, 0.6) is 0 Å². The van der Waals surface area contributed by atoms with Crippen LogP contribution in [0.25, 0.3) is 0 Å². The van der Waals surface area contributed by atoms with E-state index in [1.54, 1.807) is 0 Å². The van der Waals surface area contributed by atoms with Gasteiger partial charge in [-0.25, -0.2) is 4.98 Å². The van der Waals surface area contributed by atoms with Gasteiger partial charge >= 0.3 is 0 Å². The number of benzene rings is 1. The van der Waals surface area contributed by atoms with Gasteiger partial charge in [0, 0.05) is 36.9 Å². The Morgan fingerprint density at radius 1 is 1.15 bits per heavy atom. The van der Waals surface area contributed by atoms with Crippen LogP contribution in [0.2, 0.25) is 0 Å². The second kappa shape index (κ2) is 8.52. The molecule has 1 aliphatic heterocycles. The summed E-state index contributed by atoms with van der Waals surface area (Å²) in [6, 6.07) is 13.7. The SMILES string of the molecule is CCC1CCCCN1c1cc(C)nc(N(Cc2ccccc2)C(C)C)n1. The molecule has 1 fully saturated rings. The third kappa shape index (κ3) is 4.35. The number of nitrogens with zero attached hydrogens (tertiary/aromatic N) is 4. The maximum Gasteiger partial charge on any atom is 0.228 e. The Morgan fingerprint density at radius 3 is 2.62 bits per heavy atom. The second-order valence-electron chi connectivity index (χ2n) is 7.63. The van der Waals surface area contributed by atoms with Gasteiger partial charge in [0.1, 0.15) is 5.82 Å². The van der Waals surface area contributed by atoms with Crippen molar-refractivity contribution >= 4 is 11.8 Å². The molecular weight excluding hydrogens is 320 g/mol. The molecule has 0 radical (unpaired) electrons. The van der Waals surface area contributed by atoms with Gasteiger partial charge in [-0.15, -0.1) is 0 Å². The molecule has 4 heteroatoms. The molecule has 0 saturated carbocycles. The monoisotopic (exact) mass is 352 g/mol. The van der Waals surface area contributed by atoms with E-state index in [2.05, 4.69) is 73.9 Å². The van der Waals surface area contributed by atoms with Crippen molar-refractivity contribution in [2.45, 2.75) is 72.0 Å². The summed E-state index contributed by atoms with van der Waals surface area (Å²) in [4.78, 5) is 14.6. The highest BCUT2D eigenvalue weighted by molar-refractivity contribution is 5.48. The lowest BCUT2D eigenvalue weighted by atomic mass is 10.00. The van der Waals surface area contributed by atoms with Crippen molar-refractivity contribution in [2.24, 2.45) is 0 Å². The van der Waals surface area contributed by atoms with Crippen LogP contribution in [0.15, 0.2) is 36.4 Å². The molecule has 3 rings (SSSR count). The van der Waals surface area contributed by atoms with Crippen LogP contribution in [-0.2, 0) is 6.54 Å². The highest BCUT2D eigenvalue weighted by Gasteiger charge is 2.24. The molecule has 1 aliphatic rings. The smallest absolute Gasteiger partial charge is 0.228 e. The van der Waals surface area contributed by atoms with Crippen LogP contribution < -0.4 is 9.80 Å². The molecule has 1 aromatic carbocycles. The lowest BCUT2D eigenvalue weighted by Crippen LogP contribution is -2.40. The Morgan fingerprint density at radius 2 is 1.92 bits per heavy atom. The zero-order valence-corrected chi connectivity index (χ0v) is 16.7. The standard InChI is InChI=1S/C22H32N4/c1-5-20-13-9-10-14-25(20)21-15-18(4)23-22(24-21)26(17(2)3)16-19-11-7-6-8-12-19/h6-8,11-12,15,17,20H,5,9-10,13-14,16H2,1-4H3. The van der Waals surface area contributed by atoms with Crippen LogP contribution in [-0.4, -0.2) is 28.6 Å². The largest absolute Gasteiger partial charge is 0.353 e. The molecule has 1 unspecified atom stereocenters. The van der Waals surface area contributed by atoms with E-state index in [1.165, 1.54) is 31.2 Å². The molecule has 1 atom stereocenters. The van der Waals surface area contributed by atoms with E-state index in [1.807, 2.05) is 0 Å². The number of aryl methyl sites for hydroxylation is 1. The predicted octanol–water partition coefficient (Wildman–Crippen LogP) is 4.97. The maximum atomic E-state index is 5.01. The fraction of sp³-hybridized carbons (Fsp3) is 0.545. The minimum Gasteiger partial charge on any atom is -0.353 e. The van der Waals surface area contributed by atoms with Gasteiger partial charge in [-0.2, -0.15) is 4.98 Å². The average Bonchev–Trinajstić information content (AvgIpc) is 2.66. The van der Waals surface area contributed by atoms with E-state index in [9.17, 15) is 0 Å². The molecular formula is C22H32N4. The van der Waals surface area contributed by atoms with Gasteiger partial charge in [-0.05, 0) is 52.0 Å². The number of piperidine rings is 1. The number of aromatic nitrogens is 2. The molecule has 2 heterocycles. The minimum absolute atomic E-state index is 0.341. The third-order valence-corrected chi connectivity index (χ3v) is 5.30. The summed E-state index contributed by atoms with van der Waals surface area (Å²) in [6.07, 6.45) is 5.04. The summed E-state index contributed by atoms with van der Waals surface area (Å²) in [6.45, 7) is 10.7. The molecule has 0 amide bonds. The normalized spacial score (nSPS) is 17.6. The van der Waals surface area contributed by atoms with Crippen molar-refractivity contribution in [3.05, 3.63) is 47.7 Å². The Kier molecular flexibility index (Phi) is 6.12. The second-order valence-corrected chi connectivity index (χ2v) is 7.63.